The molecule has 0 saturated carbocycles. The minimum absolute atomic E-state index is 0.0853. The van der Waals surface area contributed by atoms with Gasteiger partial charge in [-0.25, -0.2) is 4.98 Å². The van der Waals surface area contributed by atoms with Crippen molar-refractivity contribution in [2.75, 3.05) is 13.7 Å². The van der Waals surface area contributed by atoms with Crippen LogP contribution in [0.2, 0.25) is 5.02 Å². The zero-order chi connectivity index (χ0) is 21.4. The first kappa shape index (κ1) is 20.9. The Bertz CT molecular complexity index is 1330. The Balaban J connectivity index is 1.54. The van der Waals surface area contributed by atoms with Crippen LogP contribution in [0.4, 0.5) is 0 Å². The number of nitrogens with zero attached hydrogens (tertiary/aromatic N) is 3. The number of thiophene rings is 1. The molecule has 0 unspecified atom stereocenters. The minimum Gasteiger partial charge on any atom is -0.385 e. The van der Waals surface area contributed by atoms with E-state index >= 15 is 0 Å². The van der Waals surface area contributed by atoms with E-state index in [4.69, 9.17) is 21.3 Å². The average Bonchev–Trinajstić information content (AvgIpc) is 3.36. The molecular formula is C23H22ClN3O2S2. The number of methoxy groups -OCH3 is 1. The van der Waals surface area contributed by atoms with Crippen LogP contribution in [0.1, 0.15) is 28.8 Å². The SMILES string of the molecule is COCCCn1c(SCc2ccc(Cl)c3cccnc23)nc2sc3c(c2c1=O)CCC3. The summed E-state index contributed by atoms with van der Waals surface area (Å²) in [4.78, 5) is 25.2. The molecule has 0 fully saturated rings. The Kier molecular flexibility index (Phi) is 6.01. The zero-order valence-corrected chi connectivity index (χ0v) is 19.6. The molecule has 0 bridgehead atoms. The van der Waals surface area contributed by atoms with Crippen LogP contribution in [0.25, 0.3) is 21.1 Å². The number of benzene rings is 1. The third kappa shape index (κ3) is 3.89. The number of hydrogen-bond donors (Lipinski definition) is 0. The van der Waals surface area contributed by atoms with Crippen LogP contribution in [0, 0.1) is 0 Å². The van der Waals surface area contributed by atoms with Crippen LogP contribution in [0.3, 0.4) is 0 Å². The van der Waals surface area contributed by atoms with Gasteiger partial charge in [-0.05, 0) is 55.0 Å². The van der Waals surface area contributed by atoms with Crippen molar-refractivity contribution in [2.45, 2.75) is 43.1 Å². The van der Waals surface area contributed by atoms with E-state index in [2.05, 4.69) is 4.98 Å². The summed E-state index contributed by atoms with van der Waals surface area (Å²) >= 11 is 9.62. The summed E-state index contributed by atoms with van der Waals surface area (Å²) in [6.07, 6.45) is 5.73. The van der Waals surface area contributed by atoms with E-state index in [0.29, 0.717) is 23.9 Å². The predicted octanol–water partition coefficient (Wildman–Crippen LogP) is 5.48. The normalized spacial score (nSPS) is 13.4. The van der Waals surface area contributed by atoms with E-state index in [1.165, 1.54) is 10.4 Å². The third-order valence-electron chi connectivity index (χ3n) is 5.68. The molecule has 0 radical (unpaired) electrons. The number of fused-ring (bicyclic) bond motifs is 4. The molecule has 1 aliphatic carbocycles. The molecule has 1 aliphatic rings. The van der Waals surface area contributed by atoms with Crippen molar-refractivity contribution in [1.82, 2.24) is 14.5 Å². The van der Waals surface area contributed by atoms with E-state index in [9.17, 15) is 4.79 Å². The van der Waals surface area contributed by atoms with Gasteiger partial charge in [-0.2, -0.15) is 0 Å². The first-order valence-corrected chi connectivity index (χ1v) is 12.5. The summed E-state index contributed by atoms with van der Waals surface area (Å²) in [6, 6.07) is 7.80. The first-order valence-electron chi connectivity index (χ1n) is 10.4. The van der Waals surface area contributed by atoms with Crippen molar-refractivity contribution in [3.63, 3.8) is 0 Å². The summed E-state index contributed by atoms with van der Waals surface area (Å²) in [5.74, 6) is 0.665. The van der Waals surface area contributed by atoms with E-state index in [1.54, 1.807) is 36.4 Å². The highest BCUT2D eigenvalue weighted by atomic mass is 35.5. The molecule has 0 spiro atoms. The summed E-state index contributed by atoms with van der Waals surface area (Å²) < 4.78 is 7.05. The highest BCUT2D eigenvalue weighted by Gasteiger charge is 2.23. The molecule has 5 nitrogen and oxygen atoms in total. The summed E-state index contributed by atoms with van der Waals surface area (Å²) in [5, 5.41) is 3.23. The number of aryl methyl sites for hydroxylation is 2. The summed E-state index contributed by atoms with van der Waals surface area (Å²) in [5.41, 5.74) is 3.29. The van der Waals surface area contributed by atoms with Crippen LogP contribution < -0.4 is 5.56 Å². The van der Waals surface area contributed by atoms with Crippen molar-refractivity contribution in [1.29, 1.82) is 0 Å². The molecule has 0 amide bonds. The van der Waals surface area contributed by atoms with Gasteiger partial charge in [0.1, 0.15) is 4.83 Å². The molecule has 0 aliphatic heterocycles. The number of hydrogen-bond acceptors (Lipinski definition) is 6. The smallest absolute Gasteiger partial charge is 0.263 e. The van der Waals surface area contributed by atoms with Gasteiger partial charge in [-0.15, -0.1) is 11.3 Å². The number of halogens is 1. The highest BCUT2D eigenvalue weighted by molar-refractivity contribution is 7.98. The molecule has 0 N–H and O–H groups in total. The fourth-order valence-electron chi connectivity index (χ4n) is 4.19. The Labute approximate surface area is 193 Å². The topological polar surface area (TPSA) is 57.0 Å². The summed E-state index contributed by atoms with van der Waals surface area (Å²) in [7, 11) is 1.68. The second-order valence-electron chi connectivity index (χ2n) is 7.63. The molecule has 3 aromatic heterocycles. The summed E-state index contributed by atoms with van der Waals surface area (Å²) in [6.45, 7) is 1.21. The van der Waals surface area contributed by atoms with Gasteiger partial charge in [0.05, 0.1) is 10.9 Å². The fourth-order valence-corrected chi connectivity index (χ4v) is 6.72. The van der Waals surface area contributed by atoms with Crippen LogP contribution >= 0.6 is 34.7 Å². The number of ether oxygens (including phenoxy) is 1. The molecule has 3 heterocycles. The largest absolute Gasteiger partial charge is 0.385 e. The van der Waals surface area contributed by atoms with Crippen LogP contribution in [0.5, 0.6) is 0 Å². The lowest BCUT2D eigenvalue weighted by molar-refractivity contribution is 0.189. The minimum atomic E-state index is 0.0853. The number of rotatable bonds is 7. The lowest BCUT2D eigenvalue weighted by Gasteiger charge is -2.13. The molecule has 31 heavy (non-hydrogen) atoms. The molecule has 1 aromatic carbocycles. The number of pyridine rings is 1. The van der Waals surface area contributed by atoms with E-state index < -0.39 is 0 Å². The molecular weight excluding hydrogens is 450 g/mol. The lowest BCUT2D eigenvalue weighted by Crippen LogP contribution is -2.24. The Morgan fingerprint density at radius 1 is 1.29 bits per heavy atom. The average molecular weight is 472 g/mol. The van der Waals surface area contributed by atoms with Gasteiger partial charge in [-0.1, -0.05) is 29.4 Å². The maximum atomic E-state index is 13.5. The quantitative estimate of drug-likeness (QED) is 0.203. The Morgan fingerprint density at radius 3 is 3.06 bits per heavy atom. The van der Waals surface area contributed by atoms with Gasteiger partial charge in [0.15, 0.2) is 5.16 Å². The van der Waals surface area contributed by atoms with E-state index in [0.717, 1.165) is 57.5 Å². The van der Waals surface area contributed by atoms with E-state index in [-0.39, 0.29) is 5.56 Å². The van der Waals surface area contributed by atoms with Gasteiger partial charge >= 0.3 is 0 Å². The third-order valence-corrected chi connectivity index (χ3v) is 8.22. The van der Waals surface area contributed by atoms with Crippen molar-refractivity contribution in [3.05, 3.63) is 61.8 Å². The van der Waals surface area contributed by atoms with Gasteiger partial charge in [-0.3, -0.25) is 14.3 Å². The van der Waals surface area contributed by atoms with Crippen LogP contribution in [-0.4, -0.2) is 28.3 Å². The molecule has 0 atom stereocenters. The molecule has 160 valence electrons. The van der Waals surface area contributed by atoms with E-state index in [1.807, 2.05) is 28.8 Å². The molecule has 0 saturated heterocycles. The maximum Gasteiger partial charge on any atom is 0.263 e. The van der Waals surface area contributed by atoms with Gasteiger partial charge in [0.25, 0.3) is 5.56 Å². The Morgan fingerprint density at radius 2 is 2.19 bits per heavy atom. The molecule has 4 aromatic rings. The monoisotopic (exact) mass is 471 g/mol. The Hall–Kier alpha value is -1.93. The second-order valence-corrected chi connectivity index (χ2v) is 10.1. The van der Waals surface area contributed by atoms with Gasteiger partial charge in [0, 0.05) is 47.5 Å². The lowest BCUT2D eigenvalue weighted by atomic mass is 10.1. The maximum absolute atomic E-state index is 13.5. The second kappa shape index (κ2) is 8.90. The van der Waals surface area contributed by atoms with Crippen LogP contribution in [0.15, 0.2) is 40.4 Å². The number of thioether (sulfide) groups is 1. The fraction of sp³-hybridized carbons (Fsp3) is 0.348. The predicted molar refractivity (Wildman–Crippen MR) is 129 cm³/mol. The molecule has 8 heteroatoms. The standard InChI is InChI=1S/C23H22ClN3O2S2/c1-29-12-4-11-27-22(28)19-16-5-2-7-18(16)31-21(19)26-23(27)30-13-14-8-9-17(24)15-6-3-10-25-20(14)15/h3,6,8-10H,2,4-5,7,11-13H2,1H3. The highest BCUT2D eigenvalue weighted by Crippen LogP contribution is 2.36. The van der Waals surface area contributed by atoms with Crippen molar-refractivity contribution < 1.29 is 4.74 Å². The van der Waals surface area contributed by atoms with Crippen LogP contribution in [-0.2, 0) is 29.9 Å². The van der Waals surface area contributed by atoms with Crippen molar-refractivity contribution >= 4 is 55.8 Å². The van der Waals surface area contributed by atoms with Crippen molar-refractivity contribution in [3.8, 4) is 0 Å². The van der Waals surface area contributed by atoms with Crippen molar-refractivity contribution in [2.24, 2.45) is 0 Å². The first-order chi connectivity index (χ1) is 15.2. The molecule has 5 rings (SSSR count). The van der Waals surface area contributed by atoms with Gasteiger partial charge in [0.2, 0.25) is 0 Å². The van der Waals surface area contributed by atoms with Gasteiger partial charge < -0.3 is 4.74 Å². The number of aromatic nitrogens is 3. The zero-order valence-electron chi connectivity index (χ0n) is 17.2.